The number of carbonyl (C=O) groups excluding carboxylic acids is 1. The zero-order valence-electron chi connectivity index (χ0n) is 19.4. The van der Waals surface area contributed by atoms with Crippen molar-refractivity contribution in [1.29, 1.82) is 0 Å². The van der Waals surface area contributed by atoms with Crippen molar-refractivity contribution in [3.63, 3.8) is 0 Å². The van der Waals surface area contributed by atoms with E-state index >= 15 is 0 Å². The summed E-state index contributed by atoms with van der Waals surface area (Å²) >= 11 is 0. The van der Waals surface area contributed by atoms with Crippen molar-refractivity contribution in [3.05, 3.63) is 89.5 Å². The molecule has 1 amide bonds. The number of benzene rings is 3. The van der Waals surface area contributed by atoms with Gasteiger partial charge in [-0.15, -0.1) is 0 Å². The maximum Gasteiger partial charge on any atom is 0.261 e. The molecule has 0 saturated carbocycles. The molecule has 1 saturated heterocycles. The minimum atomic E-state index is -3.75. The monoisotopic (exact) mass is 479 g/mol. The van der Waals surface area contributed by atoms with Crippen LogP contribution < -0.4 is 9.62 Å². The number of hydrogen-bond acceptors (Lipinski definition) is 5. The number of morpholine rings is 1. The Morgan fingerprint density at radius 1 is 1.00 bits per heavy atom. The molecule has 34 heavy (non-hydrogen) atoms. The number of ether oxygens (including phenoxy) is 1. The van der Waals surface area contributed by atoms with E-state index < -0.39 is 10.0 Å². The van der Waals surface area contributed by atoms with Gasteiger partial charge in [-0.3, -0.25) is 9.52 Å². The number of sulfonamides is 1. The topological polar surface area (TPSA) is 79.0 Å². The maximum absolute atomic E-state index is 13.2. The Balaban J connectivity index is 1.49. The molecule has 0 aromatic heterocycles. The van der Waals surface area contributed by atoms with E-state index in [1.54, 1.807) is 60.5 Å². The second-order valence-electron chi connectivity index (χ2n) is 8.39. The first-order valence-electron chi connectivity index (χ1n) is 11.2. The Labute approximate surface area is 201 Å². The van der Waals surface area contributed by atoms with Crippen LogP contribution in [0.25, 0.3) is 0 Å². The smallest absolute Gasteiger partial charge is 0.261 e. The molecule has 7 nitrogen and oxygen atoms in total. The van der Waals surface area contributed by atoms with Crippen LogP contribution in [0.1, 0.15) is 21.5 Å². The van der Waals surface area contributed by atoms with Gasteiger partial charge < -0.3 is 14.5 Å². The summed E-state index contributed by atoms with van der Waals surface area (Å²) in [5.74, 6) is -0.187. The highest BCUT2D eigenvalue weighted by Crippen LogP contribution is 2.24. The number of nitrogens with one attached hydrogen (secondary N) is 1. The van der Waals surface area contributed by atoms with Crippen LogP contribution in [0.4, 0.5) is 11.4 Å². The third kappa shape index (κ3) is 5.58. The number of anilines is 2. The average Bonchev–Trinajstić information content (AvgIpc) is 2.84. The number of amides is 1. The fourth-order valence-electron chi connectivity index (χ4n) is 3.95. The van der Waals surface area contributed by atoms with E-state index in [0.29, 0.717) is 31.0 Å². The van der Waals surface area contributed by atoms with Crippen LogP contribution in [0.15, 0.2) is 77.7 Å². The summed E-state index contributed by atoms with van der Waals surface area (Å²) < 4.78 is 33.5. The van der Waals surface area contributed by atoms with Gasteiger partial charge in [-0.25, -0.2) is 8.42 Å². The fourth-order valence-corrected chi connectivity index (χ4v) is 5.00. The standard InChI is InChI=1S/C26H29N3O4S/c1-20-10-12-24(13-11-20)34(31,32)27-23-8-5-7-21(18-23)26(30)28(2)19-22-6-3-4-9-25(22)29-14-16-33-17-15-29/h3-13,18,27H,14-17,19H2,1-2H3. The fraction of sp³-hybridized carbons (Fsp3) is 0.269. The van der Waals surface area contributed by atoms with E-state index in [2.05, 4.69) is 15.7 Å². The van der Waals surface area contributed by atoms with Gasteiger partial charge in [0, 0.05) is 43.6 Å². The molecule has 178 valence electrons. The predicted molar refractivity (Wildman–Crippen MR) is 134 cm³/mol. The number of aryl methyl sites for hydroxylation is 1. The second-order valence-corrected chi connectivity index (χ2v) is 10.1. The molecule has 1 aliphatic rings. The summed E-state index contributed by atoms with van der Waals surface area (Å²) in [4.78, 5) is 17.3. The van der Waals surface area contributed by atoms with Gasteiger partial charge in [-0.1, -0.05) is 42.0 Å². The van der Waals surface area contributed by atoms with Gasteiger partial charge in [0.05, 0.1) is 18.1 Å². The highest BCUT2D eigenvalue weighted by molar-refractivity contribution is 7.92. The van der Waals surface area contributed by atoms with E-state index in [-0.39, 0.29) is 10.8 Å². The van der Waals surface area contributed by atoms with Crippen molar-refractivity contribution in [2.24, 2.45) is 0 Å². The average molecular weight is 480 g/mol. The van der Waals surface area contributed by atoms with Gasteiger partial charge in [0.25, 0.3) is 15.9 Å². The van der Waals surface area contributed by atoms with Crippen molar-refractivity contribution in [2.75, 3.05) is 43.0 Å². The molecule has 8 heteroatoms. The first-order chi connectivity index (χ1) is 16.3. The molecule has 3 aromatic rings. The second kappa shape index (κ2) is 10.3. The molecule has 0 radical (unpaired) electrons. The lowest BCUT2D eigenvalue weighted by molar-refractivity contribution is 0.0785. The lowest BCUT2D eigenvalue weighted by Gasteiger charge is -2.31. The van der Waals surface area contributed by atoms with Crippen molar-refractivity contribution in [3.8, 4) is 0 Å². The Morgan fingerprint density at radius 2 is 1.71 bits per heavy atom. The summed E-state index contributed by atoms with van der Waals surface area (Å²) in [5.41, 5.74) is 3.88. The minimum Gasteiger partial charge on any atom is -0.378 e. The van der Waals surface area contributed by atoms with Crippen LogP contribution in [-0.4, -0.2) is 52.6 Å². The van der Waals surface area contributed by atoms with E-state index in [0.717, 1.165) is 29.9 Å². The summed E-state index contributed by atoms with van der Waals surface area (Å²) in [6, 6.07) is 21.3. The largest absolute Gasteiger partial charge is 0.378 e. The molecule has 0 spiro atoms. The zero-order chi connectivity index (χ0) is 24.1. The summed E-state index contributed by atoms with van der Waals surface area (Å²) in [7, 11) is -2.00. The number of carbonyl (C=O) groups is 1. The first-order valence-corrected chi connectivity index (χ1v) is 12.7. The molecule has 1 fully saturated rings. The predicted octanol–water partition coefficient (Wildman–Crippen LogP) is 3.90. The highest BCUT2D eigenvalue weighted by Gasteiger charge is 2.19. The molecular formula is C26H29N3O4S. The van der Waals surface area contributed by atoms with Crippen LogP contribution >= 0.6 is 0 Å². The van der Waals surface area contributed by atoms with E-state index in [9.17, 15) is 13.2 Å². The molecular weight excluding hydrogens is 450 g/mol. The Kier molecular flexibility index (Phi) is 7.19. The van der Waals surface area contributed by atoms with Crippen LogP contribution in [-0.2, 0) is 21.3 Å². The van der Waals surface area contributed by atoms with Crippen molar-refractivity contribution >= 4 is 27.3 Å². The summed E-state index contributed by atoms with van der Waals surface area (Å²) in [5, 5.41) is 0. The molecule has 1 N–H and O–H groups in total. The van der Waals surface area contributed by atoms with Gasteiger partial charge in [-0.2, -0.15) is 0 Å². The van der Waals surface area contributed by atoms with Crippen molar-refractivity contribution in [1.82, 2.24) is 4.90 Å². The number of nitrogens with zero attached hydrogens (tertiary/aromatic N) is 2. The number of rotatable bonds is 7. The SMILES string of the molecule is Cc1ccc(S(=O)(=O)Nc2cccc(C(=O)N(C)Cc3ccccc3N3CCOCC3)c2)cc1. The maximum atomic E-state index is 13.2. The first kappa shape index (κ1) is 23.8. The van der Waals surface area contributed by atoms with E-state index in [4.69, 9.17) is 4.74 Å². The summed E-state index contributed by atoms with van der Waals surface area (Å²) in [6.45, 7) is 5.35. The molecule has 0 atom stereocenters. The van der Waals surface area contributed by atoms with Crippen molar-refractivity contribution < 1.29 is 17.9 Å². The normalized spacial score (nSPS) is 14.0. The van der Waals surface area contributed by atoms with Crippen LogP contribution in [0.5, 0.6) is 0 Å². The van der Waals surface area contributed by atoms with Crippen LogP contribution in [0.2, 0.25) is 0 Å². The molecule has 0 bridgehead atoms. The zero-order valence-corrected chi connectivity index (χ0v) is 20.2. The minimum absolute atomic E-state index is 0.173. The lowest BCUT2D eigenvalue weighted by Crippen LogP contribution is -2.37. The van der Waals surface area contributed by atoms with Gasteiger partial charge >= 0.3 is 0 Å². The van der Waals surface area contributed by atoms with E-state index in [1.165, 1.54) is 0 Å². The Bertz CT molecular complexity index is 1250. The summed E-state index contributed by atoms with van der Waals surface area (Å²) in [6.07, 6.45) is 0. The van der Waals surface area contributed by atoms with Gasteiger partial charge in [0.2, 0.25) is 0 Å². The third-order valence-corrected chi connectivity index (χ3v) is 7.19. The van der Waals surface area contributed by atoms with Gasteiger partial charge in [-0.05, 0) is 48.9 Å². The lowest BCUT2D eigenvalue weighted by atomic mass is 10.1. The number of hydrogen-bond donors (Lipinski definition) is 1. The van der Waals surface area contributed by atoms with Crippen LogP contribution in [0, 0.1) is 6.92 Å². The Morgan fingerprint density at radius 3 is 2.44 bits per heavy atom. The highest BCUT2D eigenvalue weighted by atomic mass is 32.2. The van der Waals surface area contributed by atoms with Crippen molar-refractivity contribution in [2.45, 2.75) is 18.4 Å². The van der Waals surface area contributed by atoms with Gasteiger partial charge in [0.15, 0.2) is 0 Å². The molecule has 4 rings (SSSR count). The van der Waals surface area contributed by atoms with Gasteiger partial charge in [0.1, 0.15) is 0 Å². The molecule has 3 aromatic carbocycles. The molecule has 1 aliphatic heterocycles. The molecule has 0 aliphatic carbocycles. The quantitative estimate of drug-likeness (QED) is 0.556. The molecule has 1 heterocycles. The number of para-hydroxylation sites is 1. The van der Waals surface area contributed by atoms with E-state index in [1.807, 2.05) is 25.1 Å². The third-order valence-electron chi connectivity index (χ3n) is 5.79. The van der Waals surface area contributed by atoms with Crippen LogP contribution in [0.3, 0.4) is 0 Å². The Hall–Kier alpha value is -3.36. The molecule has 0 unspecified atom stereocenters.